The third-order valence-corrected chi connectivity index (χ3v) is 6.93. The zero-order valence-corrected chi connectivity index (χ0v) is 11.4. The summed E-state index contributed by atoms with van der Waals surface area (Å²) in [6, 6.07) is 0. The third kappa shape index (κ3) is 1.24. The second-order valence-electron chi connectivity index (χ2n) is 7.54. The molecular formula is C15H26O2. The molecule has 0 aromatic carbocycles. The van der Waals surface area contributed by atoms with Gasteiger partial charge < -0.3 is 10.2 Å². The topological polar surface area (TPSA) is 40.5 Å². The summed E-state index contributed by atoms with van der Waals surface area (Å²) in [5.41, 5.74) is -0.179. The van der Waals surface area contributed by atoms with Crippen LogP contribution in [0.25, 0.3) is 0 Å². The lowest BCUT2D eigenvalue weighted by Crippen LogP contribution is -2.46. The molecule has 2 nitrogen and oxygen atoms in total. The molecule has 2 bridgehead atoms. The van der Waals surface area contributed by atoms with Crippen LogP contribution in [0.1, 0.15) is 52.9 Å². The Morgan fingerprint density at radius 1 is 1.12 bits per heavy atom. The maximum Gasteiger partial charge on any atom is 0.0654 e. The van der Waals surface area contributed by atoms with E-state index >= 15 is 0 Å². The van der Waals surface area contributed by atoms with E-state index in [2.05, 4.69) is 13.8 Å². The lowest BCUT2D eigenvalue weighted by molar-refractivity contribution is -0.0858. The molecule has 3 saturated carbocycles. The molecule has 0 amide bonds. The number of aliphatic hydroxyl groups excluding tert-OH is 1. The summed E-state index contributed by atoms with van der Waals surface area (Å²) in [4.78, 5) is 0. The largest absolute Gasteiger partial charge is 0.396 e. The Morgan fingerprint density at radius 3 is 2.47 bits per heavy atom. The predicted molar refractivity (Wildman–Crippen MR) is 67.5 cm³/mol. The third-order valence-electron chi connectivity index (χ3n) is 6.93. The van der Waals surface area contributed by atoms with Crippen LogP contribution in [0.15, 0.2) is 0 Å². The molecule has 0 radical (unpaired) electrons. The Kier molecular flexibility index (Phi) is 2.30. The van der Waals surface area contributed by atoms with Crippen molar-refractivity contribution in [3.05, 3.63) is 0 Å². The van der Waals surface area contributed by atoms with E-state index in [1.165, 1.54) is 12.8 Å². The van der Waals surface area contributed by atoms with E-state index < -0.39 is 5.60 Å². The van der Waals surface area contributed by atoms with E-state index in [0.29, 0.717) is 17.3 Å². The van der Waals surface area contributed by atoms with Gasteiger partial charge in [0.1, 0.15) is 0 Å². The minimum atomic E-state index is -0.563. The molecule has 3 aliphatic rings. The molecular weight excluding hydrogens is 212 g/mol. The fourth-order valence-corrected chi connectivity index (χ4v) is 5.85. The monoisotopic (exact) mass is 238 g/mol. The minimum absolute atomic E-state index is 0.0508. The van der Waals surface area contributed by atoms with Crippen molar-refractivity contribution in [2.24, 2.45) is 28.6 Å². The smallest absolute Gasteiger partial charge is 0.0654 e. The van der Waals surface area contributed by atoms with Gasteiger partial charge in [0.2, 0.25) is 0 Å². The number of fused-ring (bicyclic) bond motifs is 1. The van der Waals surface area contributed by atoms with Gasteiger partial charge in [-0.15, -0.1) is 0 Å². The Bertz CT molecular complexity index is 334. The highest BCUT2D eigenvalue weighted by Gasteiger charge is 2.68. The van der Waals surface area contributed by atoms with Gasteiger partial charge in [-0.2, -0.15) is 0 Å². The molecule has 0 aromatic rings. The molecule has 1 spiro atoms. The summed E-state index contributed by atoms with van der Waals surface area (Å²) < 4.78 is 0. The highest BCUT2D eigenvalue weighted by molar-refractivity contribution is 5.17. The molecule has 3 aliphatic carbocycles. The van der Waals surface area contributed by atoms with Crippen LogP contribution in [0.3, 0.4) is 0 Å². The number of hydrogen-bond donors (Lipinski definition) is 2. The van der Waals surface area contributed by atoms with E-state index in [1.807, 2.05) is 6.92 Å². The standard InChI is InChI=1S/C15H26O2/c1-10-4-5-11-13(2,9-16)12-8-15(10,11)7-6-14(12,3)17/h10-12,16-17H,4-9H2,1-3H3/t10-,11-,12-,13-,14-,15+/m1/s1. The molecule has 0 heterocycles. The predicted octanol–water partition coefficient (Wildman–Crippen LogP) is 2.58. The average Bonchev–Trinajstić information content (AvgIpc) is 2.71. The Morgan fingerprint density at radius 2 is 1.82 bits per heavy atom. The van der Waals surface area contributed by atoms with Crippen LogP contribution in [0.4, 0.5) is 0 Å². The normalized spacial score (nSPS) is 61.6. The van der Waals surface area contributed by atoms with Crippen LogP contribution in [0, 0.1) is 28.6 Å². The summed E-state index contributed by atoms with van der Waals surface area (Å²) in [5.74, 6) is 1.70. The Labute approximate surface area is 104 Å². The van der Waals surface area contributed by atoms with Gasteiger partial charge in [-0.25, -0.2) is 0 Å². The average molecular weight is 238 g/mol. The van der Waals surface area contributed by atoms with Gasteiger partial charge in [-0.05, 0) is 67.6 Å². The molecule has 98 valence electrons. The molecule has 3 rings (SSSR count). The maximum absolute atomic E-state index is 10.7. The number of aliphatic hydroxyl groups is 2. The molecule has 3 fully saturated rings. The van der Waals surface area contributed by atoms with Crippen molar-refractivity contribution in [1.29, 1.82) is 0 Å². The summed E-state index contributed by atoms with van der Waals surface area (Å²) >= 11 is 0. The van der Waals surface area contributed by atoms with Crippen LogP contribution in [-0.4, -0.2) is 22.4 Å². The van der Waals surface area contributed by atoms with Crippen molar-refractivity contribution in [3.63, 3.8) is 0 Å². The highest BCUT2D eigenvalue weighted by atomic mass is 16.3. The van der Waals surface area contributed by atoms with Gasteiger partial charge in [-0.1, -0.05) is 13.8 Å². The van der Waals surface area contributed by atoms with Gasteiger partial charge in [-0.3, -0.25) is 0 Å². The second kappa shape index (κ2) is 3.27. The minimum Gasteiger partial charge on any atom is -0.396 e. The van der Waals surface area contributed by atoms with Gasteiger partial charge in [0.25, 0.3) is 0 Å². The number of hydrogen-bond acceptors (Lipinski definition) is 2. The quantitative estimate of drug-likeness (QED) is 0.737. The van der Waals surface area contributed by atoms with E-state index in [-0.39, 0.29) is 12.0 Å². The second-order valence-corrected chi connectivity index (χ2v) is 7.54. The van der Waals surface area contributed by atoms with Crippen molar-refractivity contribution < 1.29 is 10.2 Å². The SMILES string of the molecule is C[C@@H]1CC[C@@H]2[C@@](C)(CO)[C@H]3C[C@@]12CC[C@@]3(C)O. The highest BCUT2D eigenvalue weighted by Crippen LogP contribution is 2.73. The first kappa shape index (κ1) is 12.0. The molecule has 0 aliphatic heterocycles. The van der Waals surface area contributed by atoms with Crippen molar-refractivity contribution in [2.75, 3.05) is 6.61 Å². The molecule has 6 atom stereocenters. The van der Waals surface area contributed by atoms with Crippen LogP contribution < -0.4 is 0 Å². The van der Waals surface area contributed by atoms with Crippen LogP contribution >= 0.6 is 0 Å². The van der Waals surface area contributed by atoms with Crippen LogP contribution in [-0.2, 0) is 0 Å². The van der Waals surface area contributed by atoms with E-state index in [4.69, 9.17) is 0 Å². The van der Waals surface area contributed by atoms with Crippen molar-refractivity contribution in [3.8, 4) is 0 Å². The lowest BCUT2D eigenvalue weighted by Gasteiger charge is -2.44. The molecule has 17 heavy (non-hydrogen) atoms. The zero-order chi connectivity index (χ0) is 12.5. The van der Waals surface area contributed by atoms with Gasteiger partial charge in [0.05, 0.1) is 5.60 Å². The van der Waals surface area contributed by atoms with E-state index in [9.17, 15) is 10.2 Å². The summed E-state index contributed by atoms with van der Waals surface area (Å²) in [6.07, 6.45) is 5.80. The van der Waals surface area contributed by atoms with Gasteiger partial charge in [0, 0.05) is 6.61 Å². The summed E-state index contributed by atoms with van der Waals surface area (Å²) in [6.45, 7) is 6.85. The van der Waals surface area contributed by atoms with Gasteiger partial charge >= 0.3 is 0 Å². The molecule has 0 saturated heterocycles. The van der Waals surface area contributed by atoms with Crippen LogP contribution in [0.2, 0.25) is 0 Å². The Balaban J connectivity index is 2.08. The van der Waals surface area contributed by atoms with E-state index in [0.717, 1.165) is 25.2 Å². The fraction of sp³-hybridized carbons (Fsp3) is 1.00. The first-order valence-corrected chi connectivity index (χ1v) is 7.20. The molecule has 2 N–H and O–H groups in total. The van der Waals surface area contributed by atoms with Gasteiger partial charge in [0.15, 0.2) is 0 Å². The van der Waals surface area contributed by atoms with Crippen molar-refractivity contribution >= 4 is 0 Å². The lowest BCUT2D eigenvalue weighted by atomic mass is 9.64. The Hall–Kier alpha value is -0.0800. The molecule has 0 unspecified atom stereocenters. The maximum atomic E-state index is 10.7. The van der Waals surface area contributed by atoms with Crippen molar-refractivity contribution in [2.45, 2.75) is 58.5 Å². The first-order chi connectivity index (χ1) is 7.87. The molecule has 0 aromatic heterocycles. The van der Waals surface area contributed by atoms with E-state index in [1.54, 1.807) is 0 Å². The van der Waals surface area contributed by atoms with Crippen LogP contribution in [0.5, 0.6) is 0 Å². The number of rotatable bonds is 1. The summed E-state index contributed by atoms with van der Waals surface area (Å²) in [7, 11) is 0. The van der Waals surface area contributed by atoms with Crippen molar-refractivity contribution in [1.82, 2.24) is 0 Å². The first-order valence-electron chi connectivity index (χ1n) is 7.20. The fourth-order valence-electron chi connectivity index (χ4n) is 5.85. The summed E-state index contributed by atoms with van der Waals surface area (Å²) in [5, 5.41) is 20.6. The zero-order valence-electron chi connectivity index (χ0n) is 11.4. The molecule has 2 heteroatoms.